The lowest BCUT2D eigenvalue weighted by Crippen LogP contribution is -2.54. The SMILES string of the molecule is Cc1cc(N2CCN(CC(F)(F)F)C(C)C2)ncc1[N+](=O)[O-]. The van der Waals surface area contributed by atoms with Crippen molar-refractivity contribution >= 4 is 11.5 Å². The second-order valence-electron chi connectivity index (χ2n) is 5.47. The molecule has 1 aromatic heterocycles. The molecular weight excluding hydrogens is 301 g/mol. The number of aromatic nitrogens is 1. The number of piperazine rings is 1. The number of nitrogens with zero attached hydrogens (tertiary/aromatic N) is 4. The van der Waals surface area contributed by atoms with Crippen molar-refractivity contribution in [1.82, 2.24) is 9.88 Å². The molecule has 1 aliphatic heterocycles. The van der Waals surface area contributed by atoms with E-state index in [1.165, 1.54) is 11.1 Å². The number of pyridine rings is 1. The molecule has 6 nitrogen and oxygen atoms in total. The quantitative estimate of drug-likeness (QED) is 0.632. The normalized spacial score (nSPS) is 20.2. The predicted octanol–water partition coefficient (Wildman–Crippen LogP) is 2.37. The van der Waals surface area contributed by atoms with Crippen LogP contribution in [-0.2, 0) is 0 Å². The molecule has 0 saturated carbocycles. The van der Waals surface area contributed by atoms with Crippen LogP contribution in [0.15, 0.2) is 12.3 Å². The summed E-state index contributed by atoms with van der Waals surface area (Å²) >= 11 is 0. The van der Waals surface area contributed by atoms with Crippen molar-refractivity contribution in [3.05, 3.63) is 27.9 Å². The molecular formula is C13H17F3N4O2. The first-order chi connectivity index (χ1) is 10.2. The van der Waals surface area contributed by atoms with Gasteiger partial charge in [0.25, 0.3) is 5.69 Å². The molecule has 1 aliphatic rings. The molecule has 0 N–H and O–H groups in total. The number of aryl methyl sites for hydroxylation is 1. The zero-order valence-corrected chi connectivity index (χ0v) is 12.3. The summed E-state index contributed by atoms with van der Waals surface area (Å²) in [5.74, 6) is 0.557. The van der Waals surface area contributed by atoms with E-state index >= 15 is 0 Å². The summed E-state index contributed by atoms with van der Waals surface area (Å²) in [6.07, 6.45) is -3.02. The molecule has 0 bridgehead atoms. The maximum absolute atomic E-state index is 12.5. The summed E-state index contributed by atoms with van der Waals surface area (Å²) in [6, 6.07) is 1.33. The van der Waals surface area contributed by atoms with Crippen LogP contribution in [0.25, 0.3) is 0 Å². The molecule has 22 heavy (non-hydrogen) atoms. The lowest BCUT2D eigenvalue weighted by Gasteiger charge is -2.40. The van der Waals surface area contributed by atoms with Crippen LogP contribution in [0.5, 0.6) is 0 Å². The Labute approximate surface area is 125 Å². The van der Waals surface area contributed by atoms with Crippen molar-refractivity contribution < 1.29 is 18.1 Å². The third-order valence-corrected chi connectivity index (χ3v) is 3.74. The van der Waals surface area contributed by atoms with Crippen molar-refractivity contribution in [3.63, 3.8) is 0 Å². The number of anilines is 1. The molecule has 0 radical (unpaired) electrons. The average Bonchev–Trinajstić information content (AvgIpc) is 2.39. The fraction of sp³-hybridized carbons (Fsp3) is 0.615. The smallest absolute Gasteiger partial charge is 0.354 e. The minimum atomic E-state index is -4.21. The monoisotopic (exact) mass is 318 g/mol. The maximum Gasteiger partial charge on any atom is 0.401 e. The van der Waals surface area contributed by atoms with E-state index in [9.17, 15) is 23.3 Å². The number of hydrogen-bond acceptors (Lipinski definition) is 5. The molecule has 0 amide bonds. The predicted molar refractivity (Wildman–Crippen MR) is 74.9 cm³/mol. The van der Waals surface area contributed by atoms with Gasteiger partial charge in [-0.15, -0.1) is 0 Å². The first-order valence-corrected chi connectivity index (χ1v) is 6.84. The topological polar surface area (TPSA) is 62.5 Å². The molecule has 1 aromatic rings. The lowest BCUT2D eigenvalue weighted by molar-refractivity contribution is -0.385. The molecule has 2 heterocycles. The van der Waals surface area contributed by atoms with E-state index in [0.717, 1.165) is 0 Å². The molecule has 0 spiro atoms. The maximum atomic E-state index is 12.5. The van der Waals surface area contributed by atoms with Gasteiger partial charge in [0.2, 0.25) is 0 Å². The summed E-state index contributed by atoms with van der Waals surface area (Å²) in [5, 5.41) is 10.8. The Morgan fingerprint density at radius 3 is 2.64 bits per heavy atom. The van der Waals surface area contributed by atoms with Gasteiger partial charge < -0.3 is 4.90 Å². The Hall–Kier alpha value is -1.90. The zero-order chi connectivity index (χ0) is 16.5. The number of hydrogen-bond donors (Lipinski definition) is 0. The van der Waals surface area contributed by atoms with Crippen molar-refractivity contribution in [2.75, 3.05) is 31.1 Å². The average molecular weight is 318 g/mol. The summed E-state index contributed by atoms with van der Waals surface area (Å²) < 4.78 is 37.4. The van der Waals surface area contributed by atoms with Crippen molar-refractivity contribution in [1.29, 1.82) is 0 Å². The van der Waals surface area contributed by atoms with Crippen molar-refractivity contribution in [2.24, 2.45) is 0 Å². The fourth-order valence-electron chi connectivity index (χ4n) is 2.57. The second-order valence-corrected chi connectivity index (χ2v) is 5.47. The molecule has 122 valence electrons. The third kappa shape index (κ3) is 3.85. The Bertz CT molecular complexity index is 565. The molecule has 0 aromatic carbocycles. The van der Waals surface area contributed by atoms with Gasteiger partial charge >= 0.3 is 6.18 Å². The summed E-state index contributed by atoms with van der Waals surface area (Å²) in [7, 11) is 0. The van der Waals surface area contributed by atoms with E-state index in [-0.39, 0.29) is 18.3 Å². The van der Waals surface area contributed by atoms with Gasteiger partial charge in [-0.25, -0.2) is 4.98 Å². The number of halogens is 3. The summed E-state index contributed by atoms with van der Waals surface area (Å²) in [4.78, 5) is 17.6. The largest absolute Gasteiger partial charge is 0.401 e. The van der Waals surface area contributed by atoms with Crippen LogP contribution >= 0.6 is 0 Å². The van der Waals surface area contributed by atoms with Crippen LogP contribution < -0.4 is 4.90 Å². The van der Waals surface area contributed by atoms with E-state index in [4.69, 9.17) is 0 Å². The van der Waals surface area contributed by atoms with Gasteiger partial charge in [0, 0.05) is 31.2 Å². The van der Waals surface area contributed by atoms with Crippen molar-refractivity contribution in [3.8, 4) is 0 Å². The van der Waals surface area contributed by atoms with Crippen molar-refractivity contribution in [2.45, 2.75) is 26.1 Å². The van der Waals surface area contributed by atoms with Gasteiger partial charge in [-0.2, -0.15) is 13.2 Å². The molecule has 0 aliphatic carbocycles. The van der Waals surface area contributed by atoms with Crippen LogP contribution in [0.3, 0.4) is 0 Å². The highest BCUT2D eigenvalue weighted by Crippen LogP contribution is 2.25. The van der Waals surface area contributed by atoms with Crippen LogP contribution in [0.1, 0.15) is 12.5 Å². The molecule has 2 rings (SSSR count). The number of nitro groups is 1. The molecule has 1 unspecified atom stereocenters. The van der Waals surface area contributed by atoms with Gasteiger partial charge in [0.15, 0.2) is 0 Å². The highest BCUT2D eigenvalue weighted by Gasteiger charge is 2.35. The van der Waals surface area contributed by atoms with Gasteiger partial charge in [-0.3, -0.25) is 15.0 Å². The van der Waals surface area contributed by atoms with Crippen LogP contribution in [0.4, 0.5) is 24.7 Å². The fourth-order valence-corrected chi connectivity index (χ4v) is 2.57. The lowest BCUT2D eigenvalue weighted by atomic mass is 10.1. The zero-order valence-electron chi connectivity index (χ0n) is 12.3. The molecule has 1 fully saturated rings. The Balaban J connectivity index is 2.07. The Morgan fingerprint density at radius 2 is 2.14 bits per heavy atom. The number of rotatable bonds is 3. The van der Waals surface area contributed by atoms with E-state index in [2.05, 4.69) is 4.98 Å². The van der Waals surface area contributed by atoms with E-state index in [1.54, 1.807) is 19.9 Å². The second kappa shape index (κ2) is 6.07. The minimum absolute atomic E-state index is 0.0625. The summed E-state index contributed by atoms with van der Waals surface area (Å²) in [5.41, 5.74) is 0.424. The van der Waals surface area contributed by atoms with E-state index in [0.29, 0.717) is 24.5 Å². The molecule has 9 heteroatoms. The van der Waals surface area contributed by atoms with Crippen LogP contribution in [-0.4, -0.2) is 53.2 Å². The van der Waals surface area contributed by atoms with Gasteiger partial charge in [-0.1, -0.05) is 0 Å². The van der Waals surface area contributed by atoms with Gasteiger partial charge in [0.05, 0.1) is 11.5 Å². The Kier molecular flexibility index (Phi) is 4.55. The van der Waals surface area contributed by atoms with E-state index in [1.807, 2.05) is 4.90 Å². The summed E-state index contributed by atoms with van der Waals surface area (Å²) in [6.45, 7) is 3.51. The molecule has 1 atom stereocenters. The first-order valence-electron chi connectivity index (χ1n) is 6.84. The van der Waals surface area contributed by atoms with Gasteiger partial charge in [0.1, 0.15) is 12.0 Å². The first kappa shape index (κ1) is 16.5. The van der Waals surface area contributed by atoms with Gasteiger partial charge in [-0.05, 0) is 19.9 Å². The highest BCUT2D eigenvalue weighted by atomic mass is 19.4. The number of alkyl halides is 3. The third-order valence-electron chi connectivity index (χ3n) is 3.74. The molecule has 1 saturated heterocycles. The van der Waals surface area contributed by atoms with Crippen LogP contribution in [0.2, 0.25) is 0 Å². The van der Waals surface area contributed by atoms with E-state index < -0.39 is 17.6 Å². The highest BCUT2D eigenvalue weighted by molar-refractivity contribution is 5.49. The van der Waals surface area contributed by atoms with Crippen LogP contribution in [0, 0.1) is 17.0 Å². The standard InChI is InChI=1S/C13H17F3N4O2/c1-9-5-12(17-6-11(9)20(21)22)18-3-4-19(10(2)7-18)8-13(14,15)16/h5-6,10H,3-4,7-8H2,1-2H3. The Morgan fingerprint density at radius 1 is 1.45 bits per heavy atom. The minimum Gasteiger partial charge on any atom is -0.354 e.